The number of nitrogens with one attached hydrogen (secondary N) is 1. The smallest absolute Gasteiger partial charge is 0.336 e. The fourth-order valence-electron chi connectivity index (χ4n) is 2.23. The van der Waals surface area contributed by atoms with Crippen LogP contribution in [0.3, 0.4) is 0 Å². The monoisotopic (exact) mass is 340 g/mol. The molecule has 7 heteroatoms. The first-order chi connectivity index (χ1) is 11.5. The molecule has 0 saturated carbocycles. The van der Waals surface area contributed by atoms with E-state index in [9.17, 15) is 13.2 Å². The van der Waals surface area contributed by atoms with Gasteiger partial charge < -0.3 is 4.42 Å². The molecule has 0 amide bonds. The molecule has 3 rings (SSSR count). The predicted molar refractivity (Wildman–Crippen MR) is 87.7 cm³/mol. The highest BCUT2D eigenvalue weighted by molar-refractivity contribution is 7.89. The van der Waals surface area contributed by atoms with Crippen molar-refractivity contribution >= 4 is 21.0 Å². The maximum absolute atomic E-state index is 12.4. The molecule has 0 aliphatic heterocycles. The van der Waals surface area contributed by atoms with Crippen molar-refractivity contribution in [3.8, 4) is 6.07 Å². The topological polar surface area (TPSA) is 100 Å². The number of sulfonamides is 1. The first kappa shape index (κ1) is 15.9. The summed E-state index contributed by atoms with van der Waals surface area (Å²) in [6, 6.07) is 15.7. The van der Waals surface area contributed by atoms with E-state index in [4.69, 9.17) is 9.68 Å². The maximum atomic E-state index is 12.4. The SMILES string of the molecule is N#Cc1cccc(CNS(=O)(=O)c2ccc3oc(=O)ccc3c2)c1. The largest absolute Gasteiger partial charge is 0.423 e. The summed E-state index contributed by atoms with van der Waals surface area (Å²) in [6.07, 6.45) is 0. The van der Waals surface area contributed by atoms with Crippen LogP contribution in [0, 0.1) is 11.3 Å². The van der Waals surface area contributed by atoms with Crippen LogP contribution < -0.4 is 10.3 Å². The number of rotatable bonds is 4. The van der Waals surface area contributed by atoms with E-state index < -0.39 is 15.6 Å². The molecule has 1 heterocycles. The maximum Gasteiger partial charge on any atom is 0.336 e. The summed E-state index contributed by atoms with van der Waals surface area (Å²) in [5.41, 5.74) is 0.980. The Balaban J connectivity index is 1.86. The fraction of sp³-hybridized carbons (Fsp3) is 0.0588. The molecule has 6 nitrogen and oxygen atoms in total. The summed E-state index contributed by atoms with van der Waals surface area (Å²) in [4.78, 5) is 11.2. The van der Waals surface area contributed by atoms with Crippen molar-refractivity contribution in [2.24, 2.45) is 0 Å². The first-order valence-corrected chi connectivity index (χ1v) is 8.49. The number of nitriles is 1. The van der Waals surface area contributed by atoms with Gasteiger partial charge in [0.15, 0.2) is 0 Å². The van der Waals surface area contributed by atoms with Gasteiger partial charge in [-0.25, -0.2) is 17.9 Å². The Labute approximate surface area is 138 Å². The van der Waals surface area contributed by atoms with Gasteiger partial charge in [-0.2, -0.15) is 5.26 Å². The standard InChI is InChI=1S/C17H12N2O4S/c18-10-12-2-1-3-13(8-12)11-19-24(21,22)15-5-6-16-14(9-15)4-7-17(20)23-16/h1-9,19H,11H2. The second-order valence-electron chi connectivity index (χ2n) is 5.09. The van der Waals surface area contributed by atoms with E-state index in [0.29, 0.717) is 22.1 Å². The quantitative estimate of drug-likeness (QED) is 0.733. The van der Waals surface area contributed by atoms with Crippen LogP contribution in [-0.4, -0.2) is 8.42 Å². The van der Waals surface area contributed by atoms with E-state index in [0.717, 1.165) is 0 Å². The third-order valence-corrected chi connectivity index (χ3v) is 4.82. The van der Waals surface area contributed by atoms with Gasteiger partial charge in [0, 0.05) is 18.0 Å². The molecular formula is C17H12N2O4S. The van der Waals surface area contributed by atoms with E-state index >= 15 is 0 Å². The molecule has 0 aliphatic carbocycles. The van der Waals surface area contributed by atoms with Gasteiger partial charge in [0.05, 0.1) is 16.5 Å². The molecular weight excluding hydrogens is 328 g/mol. The van der Waals surface area contributed by atoms with Gasteiger partial charge in [0.1, 0.15) is 5.58 Å². The lowest BCUT2D eigenvalue weighted by atomic mass is 10.1. The zero-order chi connectivity index (χ0) is 17.2. The van der Waals surface area contributed by atoms with Crippen LogP contribution in [0.5, 0.6) is 0 Å². The Kier molecular flexibility index (Phi) is 4.16. The molecule has 0 unspecified atom stereocenters. The van der Waals surface area contributed by atoms with Crippen LogP contribution in [0.25, 0.3) is 11.0 Å². The molecule has 1 aromatic heterocycles. The normalized spacial score (nSPS) is 11.3. The van der Waals surface area contributed by atoms with Gasteiger partial charge in [-0.05, 0) is 42.0 Å². The second-order valence-corrected chi connectivity index (χ2v) is 6.86. The summed E-state index contributed by atoms with van der Waals surface area (Å²) < 4.78 is 32.3. The highest BCUT2D eigenvalue weighted by Gasteiger charge is 2.15. The Bertz CT molecular complexity index is 1110. The molecule has 0 spiro atoms. The Morgan fingerprint density at radius 2 is 1.92 bits per heavy atom. The van der Waals surface area contributed by atoms with Gasteiger partial charge >= 0.3 is 5.63 Å². The van der Waals surface area contributed by atoms with Crippen molar-refractivity contribution in [1.82, 2.24) is 4.72 Å². The molecule has 0 fully saturated rings. The first-order valence-electron chi connectivity index (χ1n) is 7.00. The van der Waals surface area contributed by atoms with Gasteiger partial charge in [-0.1, -0.05) is 12.1 Å². The minimum Gasteiger partial charge on any atom is -0.423 e. The minimum absolute atomic E-state index is 0.0692. The van der Waals surface area contributed by atoms with E-state index in [1.165, 1.54) is 30.3 Å². The van der Waals surface area contributed by atoms with Crippen molar-refractivity contribution in [2.45, 2.75) is 11.4 Å². The third kappa shape index (κ3) is 3.35. The molecule has 3 aromatic rings. The van der Waals surface area contributed by atoms with E-state index in [1.807, 2.05) is 6.07 Å². The van der Waals surface area contributed by atoms with Crippen molar-refractivity contribution < 1.29 is 12.8 Å². The van der Waals surface area contributed by atoms with Crippen molar-refractivity contribution in [2.75, 3.05) is 0 Å². The van der Waals surface area contributed by atoms with E-state index in [2.05, 4.69) is 4.72 Å². The van der Waals surface area contributed by atoms with Gasteiger partial charge in [0.25, 0.3) is 0 Å². The molecule has 0 aliphatic rings. The zero-order valence-corrected chi connectivity index (χ0v) is 13.2. The lowest BCUT2D eigenvalue weighted by Gasteiger charge is -2.08. The van der Waals surface area contributed by atoms with Crippen molar-refractivity contribution in [3.63, 3.8) is 0 Å². The summed E-state index contributed by atoms with van der Waals surface area (Å²) in [7, 11) is -3.73. The van der Waals surface area contributed by atoms with Gasteiger partial charge in [-0.15, -0.1) is 0 Å². The molecule has 24 heavy (non-hydrogen) atoms. The average molecular weight is 340 g/mol. The number of hydrogen-bond acceptors (Lipinski definition) is 5. The Hall–Kier alpha value is -2.95. The molecule has 0 saturated heterocycles. The molecule has 120 valence electrons. The second kappa shape index (κ2) is 6.28. The highest BCUT2D eigenvalue weighted by Crippen LogP contribution is 2.18. The number of benzene rings is 2. The lowest BCUT2D eigenvalue weighted by Crippen LogP contribution is -2.23. The summed E-state index contributed by atoms with van der Waals surface area (Å²) in [5.74, 6) is 0. The zero-order valence-electron chi connectivity index (χ0n) is 12.4. The minimum atomic E-state index is -3.73. The van der Waals surface area contributed by atoms with Crippen LogP contribution in [-0.2, 0) is 16.6 Å². The molecule has 2 aromatic carbocycles. The van der Waals surface area contributed by atoms with Crippen LogP contribution in [0.4, 0.5) is 0 Å². The Morgan fingerprint density at radius 3 is 2.71 bits per heavy atom. The summed E-state index contributed by atoms with van der Waals surface area (Å²) in [6.45, 7) is 0.0692. The number of fused-ring (bicyclic) bond motifs is 1. The van der Waals surface area contributed by atoms with Crippen molar-refractivity contribution in [3.05, 3.63) is 76.1 Å². The Morgan fingerprint density at radius 1 is 1.08 bits per heavy atom. The van der Waals surface area contributed by atoms with Crippen molar-refractivity contribution in [1.29, 1.82) is 5.26 Å². The third-order valence-electron chi connectivity index (χ3n) is 3.42. The predicted octanol–water partition coefficient (Wildman–Crippen LogP) is 2.14. The van der Waals surface area contributed by atoms with E-state index in [1.54, 1.807) is 24.3 Å². The van der Waals surface area contributed by atoms with E-state index in [-0.39, 0.29) is 11.4 Å². The molecule has 1 N–H and O–H groups in total. The van der Waals surface area contributed by atoms with Gasteiger partial charge in [-0.3, -0.25) is 0 Å². The molecule has 0 bridgehead atoms. The van der Waals surface area contributed by atoms with Crippen LogP contribution in [0.15, 0.2) is 68.7 Å². The number of nitrogens with zero attached hydrogens (tertiary/aromatic N) is 1. The summed E-state index contributed by atoms with van der Waals surface area (Å²) in [5, 5.41) is 9.39. The summed E-state index contributed by atoms with van der Waals surface area (Å²) >= 11 is 0. The van der Waals surface area contributed by atoms with Crippen LogP contribution in [0.2, 0.25) is 0 Å². The highest BCUT2D eigenvalue weighted by atomic mass is 32.2. The number of hydrogen-bond donors (Lipinski definition) is 1. The average Bonchev–Trinajstić information content (AvgIpc) is 2.59. The van der Waals surface area contributed by atoms with Crippen LogP contribution in [0.1, 0.15) is 11.1 Å². The van der Waals surface area contributed by atoms with Crippen LogP contribution >= 0.6 is 0 Å². The molecule has 0 radical (unpaired) electrons. The fourth-order valence-corrected chi connectivity index (χ4v) is 3.28. The van der Waals surface area contributed by atoms with Gasteiger partial charge in [0.2, 0.25) is 10.0 Å². The molecule has 0 atom stereocenters. The lowest BCUT2D eigenvalue weighted by molar-refractivity contribution is 0.560.